The molecule has 0 radical (unpaired) electrons. The van der Waals surface area contributed by atoms with Crippen LogP contribution in [0, 0.1) is 11.3 Å². The molecular weight excluding hydrogens is 180 g/mol. The first kappa shape index (κ1) is 10.7. The summed E-state index contributed by atoms with van der Waals surface area (Å²) in [5.41, 5.74) is 1.37. The molecule has 1 atom stereocenters. The van der Waals surface area contributed by atoms with Crippen molar-refractivity contribution in [2.75, 3.05) is 6.61 Å². The van der Waals surface area contributed by atoms with Crippen LogP contribution in [0.2, 0.25) is 0 Å². The summed E-state index contributed by atoms with van der Waals surface area (Å²) >= 11 is 1.72. The van der Waals surface area contributed by atoms with E-state index in [0.29, 0.717) is 5.92 Å². The van der Waals surface area contributed by atoms with E-state index in [1.165, 1.54) is 5.56 Å². The van der Waals surface area contributed by atoms with Crippen molar-refractivity contribution in [3.05, 3.63) is 22.4 Å². The van der Waals surface area contributed by atoms with Crippen LogP contribution in [0.3, 0.4) is 0 Å². The maximum atomic E-state index is 9.36. The van der Waals surface area contributed by atoms with Crippen LogP contribution in [0.1, 0.15) is 26.3 Å². The van der Waals surface area contributed by atoms with Crippen LogP contribution in [-0.4, -0.2) is 11.7 Å². The Bertz CT molecular complexity index is 241. The summed E-state index contributed by atoms with van der Waals surface area (Å²) in [6.45, 7) is 6.75. The SMILES string of the molecule is CC(C)C(C)(CO)Cc1ccsc1. The molecule has 1 unspecified atom stereocenters. The number of aliphatic hydroxyl groups is 1. The summed E-state index contributed by atoms with van der Waals surface area (Å²) in [4.78, 5) is 0. The molecule has 1 N–H and O–H groups in total. The highest BCUT2D eigenvalue weighted by molar-refractivity contribution is 7.07. The van der Waals surface area contributed by atoms with Gasteiger partial charge in [0.1, 0.15) is 0 Å². The topological polar surface area (TPSA) is 20.2 Å². The third kappa shape index (κ3) is 2.55. The lowest BCUT2D eigenvalue weighted by atomic mass is 9.75. The molecule has 1 nitrogen and oxygen atoms in total. The summed E-state index contributed by atoms with van der Waals surface area (Å²) in [6.07, 6.45) is 0.977. The predicted octanol–water partition coefficient (Wildman–Crippen LogP) is 2.95. The fourth-order valence-electron chi connectivity index (χ4n) is 1.30. The van der Waals surface area contributed by atoms with Gasteiger partial charge in [0.15, 0.2) is 0 Å². The maximum absolute atomic E-state index is 9.36. The van der Waals surface area contributed by atoms with E-state index in [9.17, 15) is 5.11 Å². The van der Waals surface area contributed by atoms with Crippen molar-refractivity contribution in [3.8, 4) is 0 Å². The van der Waals surface area contributed by atoms with E-state index < -0.39 is 0 Å². The van der Waals surface area contributed by atoms with E-state index in [2.05, 4.69) is 37.6 Å². The predicted molar refractivity (Wildman–Crippen MR) is 58.1 cm³/mol. The first-order valence-corrected chi connectivity index (χ1v) is 5.65. The zero-order valence-corrected chi connectivity index (χ0v) is 9.40. The van der Waals surface area contributed by atoms with Crippen molar-refractivity contribution in [1.29, 1.82) is 0 Å². The quantitative estimate of drug-likeness (QED) is 0.788. The molecule has 0 aliphatic heterocycles. The highest BCUT2D eigenvalue weighted by Gasteiger charge is 2.27. The molecule has 0 aliphatic carbocycles. The molecule has 0 spiro atoms. The van der Waals surface area contributed by atoms with Gasteiger partial charge in [0, 0.05) is 6.61 Å². The molecular formula is C11H18OS. The second-order valence-electron chi connectivity index (χ2n) is 4.28. The Balaban J connectivity index is 2.69. The minimum absolute atomic E-state index is 0.0288. The highest BCUT2D eigenvalue weighted by Crippen LogP contribution is 2.31. The van der Waals surface area contributed by atoms with Gasteiger partial charge in [0.25, 0.3) is 0 Å². The molecule has 1 aromatic rings. The fourth-order valence-corrected chi connectivity index (χ4v) is 1.97. The summed E-state index contributed by atoms with van der Waals surface area (Å²) in [5.74, 6) is 0.511. The number of rotatable bonds is 4. The molecule has 1 rings (SSSR count). The smallest absolute Gasteiger partial charge is 0.0490 e. The summed E-state index contributed by atoms with van der Waals surface area (Å²) in [7, 11) is 0. The Morgan fingerprint density at radius 2 is 2.23 bits per heavy atom. The Hall–Kier alpha value is -0.340. The van der Waals surface area contributed by atoms with Crippen molar-refractivity contribution in [2.45, 2.75) is 27.2 Å². The second kappa shape index (κ2) is 4.25. The van der Waals surface area contributed by atoms with Crippen LogP contribution in [0.4, 0.5) is 0 Å². The lowest BCUT2D eigenvalue weighted by molar-refractivity contribution is 0.0948. The number of aliphatic hydroxyl groups excluding tert-OH is 1. The van der Waals surface area contributed by atoms with Gasteiger partial charge in [-0.3, -0.25) is 0 Å². The Labute approximate surface area is 84.4 Å². The number of thiophene rings is 1. The lowest BCUT2D eigenvalue weighted by Crippen LogP contribution is -2.30. The van der Waals surface area contributed by atoms with Crippen molar-refractivity contribution < 1.29 is 5.11 Å². The van der Waals surface area contributed by atoms with Gasteiger partial charge in [-0.2, -0.15) is 11.3 Å². The molecule has 1 heterocycles. The van der Waals surface area contributed by atoms with Crippen molar-refractivity contribution in [2.24, 2.45) is 11.3 Å². The van der Waals surface area contributed by atoms with Crippen molar-refractivity contribution in [3.63, 3.8) is 0 Å². The standard InChI is InChI=1S/C11H18OS/c1-9(2)11(3,8-12)6-10-4-5-13-7-10/h4-5,7,9,12H,6,8H2,1-3H3. The molecule has 0 fully saturated rings. The average molecular weight is 198 g/mol. The largest absolute Gasteiger partial charge is 0.396 e. The molecule has 2 heteroatoms. The summed E-state index contributed by atoms with van der Waals surface area (Å²) in [6, 6.07) is 2.14. The monoisotopic (exact) mass is 198 g/mol. The fraction of sp³-hybridized carbons (Fsp3) is 0.636. The minimum atomic E-state index is 0.0288. The zero-order valence-electron chi connectivity index (χ0n) is 8.58. The molecule has 1 aromatic heterocycles. The van der Waals surface area contributed by atoms with Gasteiger partial charge in [-0.05, 0) is 40.1 Å². The number of hydrogen-bond donors (Lipinski definition) is 1. The lowest BCUT2D eigenvalue weighted by Gasteiger charge is -2.31. The zero-order chi connectivity index (χ0) is 9.90. The first-order chi connectivity index (χ1) is 6.08. The normalized spacial score (nSPS) is 16.1. The van der Waals surface area contributed by atoms with Gasteiger partial charge >= 0.3 is 0 Å². The van der Waals surface area contributed by atoms with Crippen LogP contribution >= 0.6 is 11.3 Å². The minimum Gasteiger partial charge on any atom is -0.396 e. The second-order valence-corrected chi connectivity index (χ2v) is 5.06. The van der Waals surface area contributed by atoms with Crippen molar-refractivity contribution in [1.82, 2.24) is 0 Å². The van der Waals surface area contributed by atoms with Crippen LogP contribution in [-0.2, 0) is 6.42 Å². The molecule has 0 amide bonds. The van der Waals surface area contributed by atoms with E-state index in [1.54, 1.807) is 11.3 Å². The van der Waals surface area contributed by atoms with Gasteiger partial charge in [-0.25, -0.2) is 0 Å². The van der Waals surface area contributed by atoms with E-state index in [-0.39, 0.29) is 12.0 Å². The van der Waals surface area contributed by atoms with Gasteiger partial charge in [-0.15, -0.1) is 0 Å². The first-order valence-electron chi connectivity index (χ1n) is 4.70. The van der Waals surface area contributed by atoms with E-state index >= 15 is 0 Å². The molecule has 0 bridgehead atoms. The third-order valence-corrected chi connectivity index (χ3v) is 3.68. The van der Waals surface area contributed by atoms with Crippen molar-refractivity contribution >= 4 is 11.3 Å². The Morgan fingerprint density at radius 1 is 1.54 bits per heavy atom. The Morgan fingerprint density at radius 3 is 2.62 bits per heavy atom. The van der Waals surface area contributed by atoms with Crippen LogP contribution < -0.4 is 0 Å². The average Bonchev–Trinajstić information content (AvgIpc) is 2.56. The molecule has 74 valence electrons. The van der Waals surface area contributed by atoms with E-state index in [1.807, 2.05) is 0 Å². The third-order valence-electron chi connectivity index (χ3n) is 2.94. The molecule has 13 heavy (non-hydrogen) atoms. The summed E-state index contributed by atoms with van der Waals surface area (Å²) in [5, 5.41) is 13.6. The maximum Gasteiger partial charge on any atom is 0.0490 e. The van der Waals surface area contributed by atoms with Crippen LogP contribution in [0.5, 0.6) is 0 Å². The van der Waals surface area contributed by atoms with Gasteiger partial charge in [-0.1, -0.05) is 20.8 Å². The van der Waals surface area contributed by atoms with E-state index in [4.69, 9.17) is 0 Å². The molecule has 0 aromatic carbocycles. The number of hydrogen-bond acceptors (Lipinski definition) is 2. The van der Waals surface area contributed by atoms with Crippen LogP contribution in [0.15, 0.2) is 16.8 Å². The molecule has 0 saturated heterocycles. The van der Waals surface area contributed by atoms with E-state index in [0.717, 1.165) is 6.42 Å². The highest BCUT2D eigenvalue weighted by atomic mass is 32.1. The molecule has 0 saturated carbocycles. The van der Waals surface area contributed by atoms with Gasteiger partial charge in [0.05, 0.1) is 0 Å². The summed E-state index contributed by atoms with van der Waals surface area (Å²) < 4.78 is 0. The van der Waals surface area contributed by atoms with Gasteiger partial charge in [0.2, 0.25) is 0 Å². The van der Waals surface area contributed by atoms with Crippen LogP contribution in [0.25, 0.3) is 0 Å². The Kier molecular flexibility index (Phi) is 3.51. The molecule has 0 aliphatic rings. The van der Waals surface area contributed by atoms with Gasteiger partial charge < -0.3 is 5.11 Å².